The van der Waals surface area contributed by atoms with E-state index in [1.807, 2.05) is 6.92 Å². The van der Waals surface area contributed by atoms with Gasteiger partial charge in [-0.25, -0.2) is 9.37 Å². The van der Waals surface area contributed by atoms with Crippen molar-refractivity contribution in [3.05, 3.63) is 44.6 Å². The van der Waals surface area contributed by atoms with Gasteiger partial charge in [-0.15, -0.1) is 11.3 Å². The van der Waals surface area contributed by atoms with Gasteiger partial charge in [0.1, 0.15) is 21.8 Å². The zero-order valence-electron chi connectivity index (χ0n) is 11.7. The number of aromatic nitrogens is 1. The number of thiazole rings is 1. The van der Waals surface area contributed by atoms with Gasteiger partial charge < -0.3 is 10.1 Å². The molecule has 0 aliphatic heterocycles. The Hall–Kier alpha value is -1.50. The summed E-state index contributed by atoms with van der Waals surface area (Å²) in [7, 11) is 1.58. The Kier molecular flexibility index (Phi) is 4.92. The van der Waals surface area contributed by atoms with Crippen LogP contribution in [0.3, 0.4) is 0 Å². The summed E-state index contributed by atoms with van der Waals surface area (Å²) < 4.78 is 18.4. The van der Waals surface area contributed by atoms with Crippen molar-refractivity contribution in [3.8, 4) is 0 Å². The highest BCUT2D eigenvalue weighted by Crippen LogP contribution is 2.26. The third kappa shape index (κ3) is 3.78. The summed E-state index contributed by atoms with van der Waals surface area (Å²) in [5.41, 5.74) is 0.915. The number of halogens is 2. The quantitative estimate of drug-likeness (QED) is 0.915. The summed E-state index contributed by atoms with van der Waals surface area (Å²) in [5.74, 6) is -0.853. The number of rotatable bonds is 4. The van der Waals surface area contributed by atoms with Gasteiger partial charge in [-0.1, -0.05) is 11.6 Å². The van der Waals surface area contributed by atoms with Crippen LogP contribution in [0, 0.1) is 12.7 Å². The number of methoxy groups -OCH3 is 1. The topological polar surface area (TPSA) is 51.2 Å². The Bertz CT molecular complexity index is 655. The van der Waals surface area contributed by atoms with Gasteiger partial charge in [0.05, 0.1) is 5.69 Å². The lowest BCUT2D eigenvalue weighted by Crippen LogP contribution is -2.11. The van der Waals surface area contributed by atoms with E-state index in [-0.39, 0.29) is 17.0 Å². The molecule has 0 aliphatic carbocycles. The second-order valence-electron chi connectivity index (χ2n) is 4.46. The van der Waals surface area contributed by atoms with Gasteiger partial charge in [0.2, 0.25) is 0 Å². The number of hydrogen-bond donors (Lipinski definition) is 1. The number of aryl methyl sites for hydroxylation is 1. The van der Waals surface area contributed by atoms with E-state index >= 15 is 0 Å². The van der Waals surface area contributed by atoms with Gasteiger partial charge in [0.25, 0.3) is 5.91 Å². The molecule has 1 heterocycles. The van der Waals surface area contributed by atoms with Crippen LogP contribution >= 0.6 is 22.9 Å². The van der Waals surface area contributed by atoms with E-state index in [2.05, 4.69) is 10.3 Å². The molecule has 7 heteroatoms. The molecule has 2 rings (SSSR count). The van der Waals surface area contributed by atoms with Crippen LogP contribution in [0.25, 0.3) is 0 Å². The lowest BCUT2D eigenvalue weighted by Gasteiger charge is -2.05. The first-order chi connectivity index (χ1) is 9.90. The molecular formula is C14H14ClFN2O2S. The second-order valence-corrected chi connectivity index (χ2v) is 5.92. The number of nitrogens with zero attached hydrogens (tertiary/aromatic N) is 1. The fraction of sp³-hybridized carbons (Fsp3) is 0.286. The predicted molar refractivity (Wildman–Crippen MR) is 81.6 cm³/mol. The molecule has 1 unspecified atom stereocenters. The molecule has 0 bridgehead atoms. The Morgan fingerprint density at radius 2 is 2.19 bits per heavy atom. The molecule has 0 radical (unpaired) electrons. The molecule has 0 saturated carbocycles. The van der Waals surface area contributed by atoms with Crippen LogP contribution in [0.15, 0.2) is 18.2 Å². The molecule has 1 amide bonds. The maximum absolute atomic E-state index is 13.3. The Labute approximate surface area is 130 Å². The van der Waals surface area contributed by atoms with Crippen molar-refractivity contribution in [2.24, 2.45) is 0 Å². The smallest absolute Gasteiger partial charge is 0.267 e. The van der Waals surface area contributed by atoms with Crippen LogP contribution in [0.5, 0.6) is 0 Å². The summed E-state index contributed by atoms with van der Waals surface area (Å²) >= 11 is 7.01. The molecule has 1 aromatic heterocycles. The van der Waals surface area contributed by atoms with Crippen LogP contribution in [-0.4, -0.2) is 18.0 Å². The molecule has 21 heavy (non-hydrogen) atoms. The Morgan fingerprint density at radius 3 is 2.81 bits per heavy atom. The van der Waals surface area contributed by atoms with Gasteiger partial charge in [-0.05, 0) is 32.0 Å². The number of amides is 1. The van der Waals surface area contributed by atoms with Gasteiger partial charge >= 0.3 is 0 Å². The number of hydrogen-bond acceptors (Lipinski definition) is 4. The number of carbonyl (C=O) groups excluding carboxylic acids is 1. The van der Waals surface area contributed by atoms with Gasteiger partial charge in [0.15, 0.2) is 0 Å². The second kappa shape index (κ2) is 6.51. The van der Waals surface area contributed by atoms with E-state index in [9.17, 15) is 9.18 Å². The average molecular weight is 329 g/mol. The van der Waals surface area contributed by atoms with Gasteiger partial charge in [0, 0.05) is 17.8 Å². The summed E-state index contributed by atoms with van der Waals surface area (Å²) in [6.07, 6.45) is -0.182. The first-order valence-corrected chi connectivity index (χ1v) is 7.37. The zero-order chi connectivity index (χ0) is 15.6. The van der Waals surface area contributed by atoms with Crippen molar-refractivity contribution in [2.75, 3.05) is 12.4 Å². The van der Waals surface area contributed by atoms with Crippen molar-refractivity contribution < 1.29 is 13.9 Å². The summed E-state index contributed by atoms with van der Waals surface area (Å²) in [6, 6.07) is 3.87. The zero-order valence-corrected chi connectivity index (χ0v) is 13.3. The average Bonchev–Trinajstić information content (AvgIpc) is 2.78. The Morgan fingerprint density at radius 1 is 1.48 bits per heavy atom. The number of benzene rings is 1. The largest absolute Gasteiger partial charge is 0.375 e. The SMILES string of the molecule is COC(C)c1nc(C)c(C(=O)Nc2cc(F)cc(Cl)c2)s1. The van der Waals surface area contributed by atoms with Crippen molar-refractivity contribution in [3.63, 3.8) is 0 Å². The first-order valence-electron chi connectivity index (χ1n) is 6.18. The molecule has 4 nitrogen and oxygen atoms in total. The van der Waals surface area contributed by atoms with Crippen LogP contribution < -0.4 is 5.32 Å². The number of ether oxygens (including phenoxy) is 1. The van der Waals surface area contributed by atoms with Crippen LogP contribution in [-0.2, 0) is 4.74 Å². The lowest BCUT2D eigenvalue weighted by molar-refractivity contribution is 0.103. The van der Waals surface area contributed by atoms with Gasteiger partial charge in [-0.2, -0.15) is 0 Å². The van der Waals surface area contributed by atoms with E-state index < -0.39 is 5.82 Å². The molecular weight excluding hydrogens is 315 g/mol. The summed E-state index contributed by atoms with van der Waals surface area (Å²) in [6.45, 7) is 3.60. The maximum atomic E-state index is 13.3. The van der Waals surface area contributed by atoms with Crippen LogP contribution in [0.4, 0.5) is 10.1 Å². The third-order valence-corrected chi connectivity index (χ3v) is 4.38. The van der Waals surface area contributed by atoms with Crippen LogP contribution in [0.2, 0.25) is 5.02 Å². The molecule has 1 atom stereocenters. The minimum Gasteiger partial charge on any atom is -0.375 e. The normalized spacial score (nSPS) is 12.2. The number of carbonyl (C=O) groups is 1. The molecule has 2 aromatic rings. The molecule has 0 aliphatic rings. The highest BCUT2D eigenvalue weighted by atomic mass is 35.5. The van der Waals surface area contributed by atoms with Crippen LogP contribution in [0.1, 0.15) is 33.4 Å². The molecule has 1 N–H and O–H groups in total. The minimum atomic E-state index is -0.507. The van der Waals surface area contributed by atoms with E-state index in [1.165, 1.54) is 29.5 Å². The Balaban J connectivity index is 2.22. The van der Waals surface area contributed by atoms with E-state index in [0.717, 1.165) is 5.01 Å². The summed E-state index contributed by atoms with van der Waals surface area (Å²) in [5, 5.41) is 3.56. The monoisotopic (exact) mass is 328 g/mol. The highest BCUT2D eigenvalue weighted by molar-refractivity contribution is 7.14. The predicted octanol–water partition coefficient (Wildman–Crippen LogP) is 4.20. The lowest BCUT2D eigenvalue weighted by atomic mass is 10.3. The fourth-order valence-corrected chi connectivity index (χ4v) is 2.93. The third-order valence-electron chi connectivity index (χ3n) is 2.84. The molecule has 1 aromatic carbocycles. The fourth-order valence-electron chi connectivity index (χ4n) is 1.72. The molecule has 0 saturated heterocycles. The van der Waals surface area contributed by atoms with E-state index in [4.69, 9.17) is 16.3 Å². The highest BCUT2D eigenvalue weighted by Gasteiger charge is 2.18. The molecule has 112 valence electrons. The molecule has 0 spiro atoms. The first kappa shape index (κ1) is 15.9. The van der Waals surface area contributed by atoms with Crippen molar-refractivity contribution >= 4 is 34.5 Å². The maximum Gasteiger partial charge on any atom is 0.267 e. The number of anilines is 1. The van der Waals surface area contributed by atoms with E-state index in [0.29, 0.717) is 16.3 Å². The van der Waals surface area contributed by atoms with Crippen molar-refractivity contribution in [2.45, 2.75) is 20.0 Å². The number of nitrogens with one attached hydrogen (secondary N) is 1. The van der Waals surface area contributed by atoms with Crippen molar-refractivity contribution in [1.29, 1.82) is 0 Å². The van der Waals surface area contributed by atoms with Gasteiger partial charge in [-0.3, -0.25) is 4.79 Å². The van der Waals surface area contributed by atoms with E-state index in [1.54, 1.807) is 14.0 Å². The molecule has 0 fully saturated rings. The standard InChI is InChI=1S/C14H14ClFN2O2S/c1-7-12(21-14(17-7)8(2)20-3)13(19)18-11-5-9(15)4-10(16)6-11/h4-6,8H,1-3H3,(H,18,19). The van der Waals surface area contributed by atoms with Crippen molar-refractivity contribution in [1.82, 2.24) is 4.98 Å². The minimum absolute atomic E-state index is 0.182. The summed E-state index contributed by atoms with van der Waals surface area (Å²) in [4.78, 5) is 17.0.